The van der Waals surface area contributed by atoms with Crippen LogP contribution in [0.25, 0.3) is 0 Å². The SMILES string of the molecule is OP(O)O.c1cncnc1.c1cncnc1.c1cncnc1. The lowest BCUT2D eigenvalue weighted by molar-refractivity contribution is 0.368. The van der Waals surface area contributed by atoms with E-state index in [0.29, 0.717) is 0 Å². The maximum Gasteiger partial charge on any atom is 0.324 e. The highest BCUT2D eigenvalue weighted by molar-refractivity contribution is 7.38. The van der Waals surface area contributed by atoms with Gasteiger partial charge in [-0.15, -0.1) is 0 Å². The highest BCUT2D eigenvalue weighted by atomic mass is 31.2. The predicted octanol–water partition coefficient (Wildman–Crippen LogP) is 0.620. The molecule has 0 spiro atoms. The van der Waals surface area contributed by atoms with Crippen molar-refractivity contribution in [3.63, 3.8) is 0 Å². The Bertz CT molecular complexity index is 363. The normalized spacial score (nSPS) is 8.18. The summed E-state index contributed by atoms with van der Waals surface area (Å²) in [5.74, 6) is 0. The lowest BCUT2D eigenvalue weighted by Crippen LogP contribution is -1.66. The zero-order valence-electron chi connectivity index (χ0n) is 11.4. The molecule has 0 aliphatic rings. The molecule has 0 fully saturated rings. The van der Waals surface area contributed by atoms with Gasteiger partial charge in [0.1, 0.15) is 19.0 Å². The highest BCUT2D eigenvalue weighted by Gasteiger charge is 1.76. The van der Waals surface area contributed by atoms with Crippen molar-refractivity contribution >= 4 is 8.60 Å². The van der Waals surface area contributed by atoms with Crippen LogP contribution in [0.15, 0.2) is 74.4 Å². The maximum absolute atomic E-state index is 7.23. The van der Waals surface area contributed by atoms with Gasteiger partial charge in [-0.1, -0.05) is 0 Å². The molecule has 0 saturated heterocycles. The number of hydrogen-bond donors (Lipinski definition) is 3. The van der Waals surface area contributed by atoms with Crippen molar-refractivity contribution in [3.05, 3.63) is 74.4 Å². The number of aromatic nitrogens is 6. The molecule has 0 aliphatic heterocycles. The van der Waals surface area contributed by atoms with Crippen LogP contribution in [0, 0.1) is 0 Å². The average Bonchev–Trinajstić information content (AvgIpc) is 2.60. The number of hydrogen-bond acceptors (Lipinski definition) is 9. The van der Waals surface area contributed by atoms with Crippen molar-refractivity contribution in [2.24, 2.45) is 0 Å². The van der Waals surface area contributed by atoms with Crippen LogP contribution in [0.5, 0.6) is 0 Å². The minimum atomic E-state index is -2.62. The van der Waals surface area contributed by atoms with Crippen molar-refractivity contribution in [1.29, 1.82) is 0 Å². The van der Waals surface area contributed by atoms with E-state index < -0.39 is 8.60 Å². The molecule has 3 heterocycles. The van der Waals surface area contributed by atoms with Gasteiger partial charge in [-0.05, 0) is 18.2 Å². The van der Waals surface area contributed by atoms with E-state index >= 15 is 0 Å². The molecule has 0 atom stereocenters. The second kappa shape index (κ2) is 16.6. The molecule has 0 saturated carbocycles. The lowest BCUT2D eigenvalue weighted by atomic mass is 10.7. The molecule has 0 radical (unpaired) electrons. The fraction of sp³-hybridized carbons (Fsp3) is 0. The van der Waals surface area contributed by atoms with Crippen molar-refractivity contribution < 1.29 is 14.7 Å². The van der Waals surface area contributed by atoms with Crippen molar-refractivity contribution in [3.8, 4) is 0 Å². The summed E-state index contributed by atoms with van der Waals surface area (Å²) in [4.78, 5) is 43.7. The Kier molecular flexibility index (Phi) is 14.8. The van der Waals surface area contributed by atoms with Crippen LogP contribution in [0.1, 0.15) is 0 Å². The van der Waals surface area contributed by atoms with Crippen LogP contribution < -0.4 is 0 Å². The summed E-state index contributed by atoms with van der Waals surface area (Å²) in [5.41, 5.74) is 0. The molecule has 0 bridgehead atoms. The second-order valence-electron chi connectivity index (χ2n) is 2.98. The first-order chi connectivity index (χ1) is 10.7. The summed E-state index contributed by atoms with van der Waals surface area (Å²) >= 11 is 0. The predicted molar refractivity (Wildman–Crippen MR) is 79.7 cm³/mol. The zero-order valence-corrected chi connectivity index (χ0v) is 12.3. The fourth-order valence-corrected chi connectivity index (χ4v) is 0.760. The van der Waals surface area contributed by atoms with E-state index in [1.807, 2.05) is 0 Å². The van der Waals surface area contributed by atoms with Crippen LogP contribution in [-0.2, 0) is 0 Å². The maximum atomic E-state index is 7.23. The molecule has 3 aromatic rings. The summed E-state index contributed by atoms with van der Waals surface area (Å²) in [6.45, 7) is 0. The van der Waals surface area contributed by atoms with E-state index in [4.69, 9.17) is 14.7 Å². The molecule has 0 aliphatic carbocycles. The smallest absolute Gasteiger partial charge is 0.324 e. The third-order valence-electron chi connectivity index (χ3n) is 1.43. The topological polar surface area (TPSA) is 138 Å². The quantitative estimate of drug-likeness (QED) is 0.508. The minimum absolute atomic E-state index is 1.50. The van der Waals surface area contributed by atoms with Crippen LogP contribution in [0.3, 0.4) is 0 Å². The standard InChI is InChI=1S/3C4H4N2.H3O3P/c3*1-2-5-4-6-3-1;1-4(2)3/h3*1-4H;1-3H. The Balaban J connectivity index is 0.000000271. The van der Waals surface area contributed by atoms with Gasteiger partial charge in [-0.2, -0.15) is 0 Å². The van der Waals surface area contributed by atoms with Gasteiger partial charge >= 0.3 is 8.60 Å². The molecule has 116 valence electrons. The third-order valence-corrected chi connectivity index (χ3v) is 1.43. The van der Waals surface area contributed by atoms with Gasteiger partial charge in [0.2, 0.25) is 0 Å². The molecular weight excluding hydrogens is 307 g/mol. The molecule has 3 aromatic heterocycles. The van der Waals surface area contributed by atoms with Crippen molar-refractivity contribution in [1.82, 2.24) is 29.9 Å². The van der Waals surface area contributed by atoms with E-state index in [1.54, 1.807) is 55.4 Å². The monoisotopic (exact) mass is 322 g/mol. The first kappa shape index (κ1) is 19.6. The Hall–Kier alpha value is -2.45. The largest absolute Gasteiger partial charge is 0.328 e. The Morgan fingerprint density at radius 2 is 0.636 bits per heavy atom. The van der Waals surface area contributed by atoms with E-state index in [2.05, 4.69) is 29.9 Å². The Morgan fingerprint density at radius 3 is 0.682 bits per heavy atom. The van der Waals surface area contributed by atoms with Gasteiger partial charge in [0.15, 0.2) is 0 Å². The summed E-state index contributed by atoms with van der Waals surface area (Å²) in [7, 11) is -2.62. The number of rotatable bonds is 0. The van der Waals surface area contributed by atoms with Crippen LogP contribution in [0.2, 0.25) is 0 Å². The molecule has 9 nitrogen and oxygen atoms in total. The van der Waals surface area contributed by atoms with Crippen molar-refractivity contribution in [2.75, 3.05) is 0 Å². The number of nitrogens with zero attached hydrogens (tertiary/aromatic N) is 6. The van der Waals surface area contributed by atoms with E-state index in [0.717, 1.165) is 0 Å². The van der Waals surface area contributed by atoms with Gasteiger partial charge in [0.05, 0.1) is 0 Å². The molecule has 3 N–H and O–H groups in total. The van der Waals surface area contributed by atoms with Gasteiger partial charge in [0.25, 0.3) is 0 Å². The molecule has 0 aromatic carbocycles. The van der Waals surface area contributed by atoms with E-state index in [9.17, 15) is 0 Å². The van der Waals surface area contributed by atoms with Gasteiger partial charge in [-0.25, -0.2) is 29.9 Å². The first-order valence-corrected chi connectivity index (χ1v) is 6.90. The van der Waals surface area contributed by atoms with E-state index in [1.165, 1.54) is 19.0 Å². The first-order valence-electron chi connectivity index (χ1n) is 5.70. The summed E-state index contributed by atoms with van der Waals surface area (Å²) in [6, 6.07) is 5.33. The van der Waals surface area contributed by atoms with Gasteiger partial charge < -0.3 is 14.7 Å². The van der Waals surface area contributed by atoms with Crippen LogP contribution in [-0.4, -0.2) is 44.6 Å². The third kappa shape index (κ3) is 19.9. The fourth-order valence-electron chi connectivity index (χ4n) is 0.760. The summed E-state index contributed by atoms with van der Waals surface area (Å²) in [5, 5.41) is 0. The van der Waals surface area contributed by atoms with Crippen molar-refractivity contribution in [2.45, 2.75) is 0 Å². The average molecular weight is 322 g/mol. The summed E-state index contributed by atoms with van der Waals surface area (Å²) in [6.07, 6.45) is 14.6. The van der Waals surface area contributed by atoms with E-state index in [-0.39, 0.29) is 0 Å². The summed E-state index contributed by atoms with van der Waals surface area (Å²) < 4.78 is 0. The molecule has 0 amide bonds. The van der Waals surface area contributed by atoms with Crippen LogP contribution in [0.4, 0.5) is 0 Å². The zero-order chi connectivity index (χ0) is 16.3. The molecule has 3 rings (SSSR count). The van der Waals surface area contributed by atoms with Gasteiger partial charge in [-0.3, -0.25) is 0 Å². The molecule has 22 heavy (non-hydrogen) atoms. The Labute approximate surface area is 128 Å². The minimum Gasteiger partial charge on any atom is -0.328 e. The molecule has 0 unspecified atom stereocenters. The molecule has 10 heteroatoms. The van der Waals surface area contributed by atoms with Crippen LogP contribution >= 0.6 is 8.60 Å². The lowest BCUT2D eigenvalue weighted by Gasteiger charge is -1.76. The Morgan fingerprint density at radius 1 is 0.455 bits per heavy atom. The highest BCUT2D eigenvalue weighted by Crippen LogP contribution is 2.11. The second-order valence-corrected chi connectivity index (χ2v) is 3.52. The molecular formula is C12H15N6O3P. The van der Waals surface area contributed by atoms with Gasteiger partial charge in [0, 0.05) is 37.2 Å².